The van der Waals surface area contributed by atoms with E-state index in [1.165, 1.54) is 4.90 Å². The second-order valence-corrected chi connectivity index (χ2v) is 4.01. The van der Waals surface area contributed by atoms with Crippen molar-refractivity contribution in [3.63, 3.8) is 0 Å². The van der Waals surface area contributed by atoms with Crippen LogP contribution in [0.4, 0.5) is 5.69 Å². The summed E-state index contributed by atoms with van der Waals surface area (Å²) in [5.74, 6) is -1.09. The number of benzene rings is 1. The highest BCUT2D eigenvalue weighted by Gasteiger charge is 2.21. The monoisotopic (exact) mass is 234 g/mol. The number of hydrogen-bond donors (Lipinski definition) is 1. The number of para-hydroxylation sites is 1. The van der Waals surface area contributed by atoms with Crippen LogP contribution in [0.3, 0.4) is 0 Å². The molecule has 0 bridgehead atoms. The van der Waals surface area contributed by atoms with Crippen LogP contribution >= 0.6 is 0 Å². The smallest absolute Gasteiger partial charge is 0.316 e. The largest absolute Gasteiger partial charge is 0.346 e. The van der Waals surface area contributed by atoms with E-state index in [1.807, 2.05) is 51.1 Å². The molecule has 0 aliphatic heterocycles. The van der Waals surface area contributed by atoms with E-state index < -0.39 is 11.8 Å². The summed E-state index contributed by atoms with van der Waals surface area (Å²) in [4.78, 5) is 25.0. The first-order valence-corrected chi connectivity index (χ1v) is 5.73. The molecule has 2 amide bonds. The summed E-state index contributed by atoms with van der Waals surface area (Å²) in [6.07, 6.45) is 0. The molecule has 0 heterocycles. The first-order valence-electron chi connectivity index (χ1n) is 5.73. The average molecular weight is 234 g/mol. The molecule has 92 valence electrons. The van der Waals surface area contributed by atoms with E-state index in [-0.39, 0.29) is 6.04 Å². The quantitative estimate of drug-likeness (QED) is 0.807. The lowest BCUT2D eigenvalue weighted by atomic mass is 10.2. The van der Waals surface area contributed by atoms with Crippen LogP contribution in [0.15, 0.2) is 30.3 Å². The number of likely N-dealkylation sites (N-methyl/N-ethyl adjacent to an activating group) is 1. The number of hydrogen-bond acceptors (Lipinski definition) is 2. The summed E-state index contributed by atoms with van der Waals surface area (Å²) in [5, 5.41) is 2.60. The first-order chi connectivity index (χ1) is 8.06. The van der Waals surface area contributed by atoms with Gasteiger partial charge in [-0.05, 0) is 32.9 Å². The van der Waals surface area contributed by atoms with Crippen molar-refractivity contribution in [3.8, 4) is 0 Å². The number of carbonyl (C=O) groups is 2. The molecule has 0 unspecified atom stereocenters. The Bertz CT molecular complexity index is 388. The molecule has 0 radical (unpaired) electrons. The van der Waals surface area contributed by atoms with Gasteiger partial charge in [0.2, 0.25) is 0 Å². The highest BCUT2D eigenvalue weighted by Crippen LogP contribution is 2.12. The molecule has 0 aromatic heterocycles. The molecule has 4 nitrogen and oxygen atoms in total. The van der Waals surface area contributed by atoms with Gasteiger partial charge in [0.05, 0.1) is 0 Å². The standard InChI is InChI=1S/C13H18N2O2/c1-4-15(11-8-6-5-7-9-11)13(17)12(16)14-10(2)3/h5-10H,4H2,1-3H3,(H,14,16). The fraction of sp³-hybridized carbons (Fsp3) is 0.385. The fourth-order valence-corrected chi connectivity index (χ4v) is 1.50. The van der Waals surface area contributed by atoms with Gasteiger partial charge in [0.15, 0.2) is 0 Å². The number of anilines is 1. The Hall–Kier alpha value is -1.84. The van der Waals surface area contributed by atoms with Gasteiger partial charge in [-0.25, -0.2) is 0 Å². The van der Waals surface area contributed by atoms with E-state index in [1.54, 1.807) is 0 Å². The maximum absolute atomic E-state index is 11.9. The minimum Gasteiger partial charge on any atom is -0.346 e. The maximum Gasteiger partial charge on any atom is 0.316 e. The van der Waals surface area contributed by atoms with Gasteiger partial charge in [-0.2, -0.15) is 0 Å². The Kier molecular flexibility index (Phi) is 4.69. The van der Waals surface area contributed by atoms with Crippen molar-refractivity contribution >= 4 is 17.5 Å². The van der Waals surface area contributed by atoms with Gasteiger partial charge in [0.25, 0.3) is 0 Å². The van der Waals surface area contributed by atoms with Gasteiger partial charge in [-0.3, -0.25) is 9.59 Å². The molecule has 0 aliphatic rings. The summed E-state index contributed by atoms with van der Waals surface area (Å²) < 4.78 is 0. The number of rotatable bonds is 3. The average Bonchev–Trinajstić information content (AvgIpc) is 2.30. The molecule has 0 fully saturated rings. The number of nitrogens with zero attached hydrogens (tertiary/aromatic N) is 1. The molecule has 1 aromatic carbocycles. The van der Waals surface area contributed by atoms with Crippen molar-refractivity contribution in [1.82, 2.24) is 5.32 Å². The van der Waals surface area contributed by atoms with E-state index in [0.29, 0.717) is 6.54 Å². The molecule has 0 atom stereocenters. The van der Waals surface area contributed by atoms with Gasteiger partial charge in [0, 0.05) is 18.3 Å². The van der Waals surface area contributed by atoms with Crippen molar-refractivity contribution in [1.29, 1.82) is 0 Å². The SMILES string of the molecule is CCN(C(=O)C(=O)NC(C)C)c1ccccc1. The first kappa shape index (κ1) is 13.2. The molecule has 0 saturated carbocycles. The number of nitrogens with one attached hydrogen (secondary N) is 1. The third-order valence-electron chi connectivity index (χ3n) is 2.24. The lowest BCUT2D eigenvalue weighted by Gasteiger charge is -2.20. The summed E-state index contributed by atoms with van der Waals surface area (Å²) in [6.45, 7) is 5.95. The van der Waals surface area contributed by atoms with Gasteiger partial charge in [-0.1, -0.05) is 18.2 Å². The Morgan fingerprint density at radius 2 is 1.82 bits per heavy atom. The normalized spacial score (nSPS) is 10.1. The molecular formula is C13H18N2O2. The lowest BCUT2D eigenvalue weighted by molar-refractivity contribution is -0.137. The number of amides is 2. The second-order valence-electron chi connectivity index (χ2n) is 4.01. The Morgan fingerprint density at radius 3 is 2.29 bits per heavy atom. The van der Waals surface area contributed by atoms with Gasteiger partial charge in [-0.15, -0.1) is 0 Å². The van der Waals surface area contributed by atoms with Crippen LogP contribution in [-0.4, -0.2) is 24.4 Å². The van der Waals surface area contributed by atoms with Gasteiger partial charge >= 0.3 is 11.8 Å². The molecule has 0 spiro atoms. The third kappa shape index (κ3) is 3.59. The van der Waals surface area contributed by atoms with Crippen molar-refractivity contribution in [2.24, 2.45) is 0 Å². The van der Waals surface area contributed by atoms with Crippen LogP contribution in [0.5, 0.6) is 0 Å². The molecule has 1 N–H and O–H groups in total. The molecule has 4 heteroatoms. The van der Waals surface area contributed by atoms with Crippen molar-refractivity contribution in [3.05, 3.63) is 30.3 Å². The molecule has 0 aliphatic carbocycles. The van der Waals surface area contributed by atoms with E-state index in [4.69, 9.17) is 0 Å². The predicted octanol–water partition coefficient (Wildman–Crippen LogP) is 1.56. The molecular weight excluding hydrogens is 216 g/mol. The molecule has 0 saturated heterocycles. The maximum atomic E-state index is 11.9. The lowest BCUT2D eigenvalue weighted by Crippen LogP contribution is -2.45. The summed E-state index contributed by atoms with van der Waals surface area (Å²) >= 11 is 0. The van der Waals surface area contributed by atoms with Crippen LogP contribution in [0.2, 0.25) is 0 Å². The molecule has 17 heavy (non-hydrogen) atoms. The van der Waals surface area contributed by atoms with Crippen LogP contribution in [0.25, 0.3) is 0 Å². The van der Waals surface area contributed by atoms with Crippen molar-refractivity contribution < 1.29 is 9.59 Å². The highest BCUT2D eigenvalue weighted by atomic mass is 16.2. The Balaban J connectivity index is 2.82. The van der Waals surface area contributed by atoms with Crippen molar-refractivity contribution in [2.45, 2.75) is 26.8 Å². The minimum absolute atomic E-state index is 0.0408. The molecule has 1 rings (SSSR count). The summed E-state index contributed by atoms with van der Waals surface area (Å²) in [5.41, 5.74) is 0.735. The van der Waals surface area contributed by atoms with E-state index >= 15 is 0 Å². The Morgan fingerprint density at radius 1 is 1.24 bits per heavy atom. The number of carbonyl (C=O) groups excluding carboxylic acids is 2. The van der Waals surface area contributed by atoms with Crippen molar-refractivity contribution in [2.75, 3.05) is 11.4 Å². The van der Waals surface area contributed by atoms with Crippen LogP contribution in [-0.2, 0) is 9.59 Å². The van der Waals surface area contributed by atoms with Crippen LogP contribution in [0, 0.1) is 0 Å². The van der Waals surface area contributed by atoms with Gasteiger partial charge in [0.1, 0.15) is 0 Å². The van der Waals surface area contributed by atoms with Crippen LogP contribution < -0.4 is 10.2 Å². The highest BCUT2D eigenvalue weighted by molar-refractivity contribution is 6.40. The van der Waals surface area contributed by atoms with E-state index in [2.05, 4.69) is 5.32 Å². The zero-order valence-electron chi connectivity index (χ0n) is 10.4. The molecule has 1 aromatic rings. The topological polar surface area (TPSA) is 49.4 Å². The summed E-state index contributed by atoms with van der Waals surface area (Å²) in [7, 11) is 0. The Labute approximate surface area is 102 Å². The fourth-order valence-electron chi connectivity index (χ4n) is 1.50. The second kappa shape index (κ2) is 6.03. The zero-order valence-corrected chi connectivity index (χ0v) is 10.4. The summed E-state index contributed by atoms with van der Waals surface area (Å²) in [6, 6.07) is 9.13. The minimum atomic E-state index is -0.564. The van der Waals surface area contributed by atoms with E-state index in [9.17, 15) is 9.59 Å². The third-order valence-corrected chi connectivity index (χ3v) is 2.24. The van der Waals surface area contributed by atoms with Crippen LogP contribution in [0.1, 0.15) is 20.8 Å². The van der Waals surface area contributed by atoms with E-state index in [0.717, 1.165) is 5.69 Å². The zero-order chi connectivity index (χ0) is 12.8. The predicted molar refractivity (Wildman–Crippen MR) is 67.7 cm³/mol. The van der Waals surface area contributed by atoms with Gasteiger partial charge < -0.3 is 10.2 Å².